The molecule has 0 fully saturated rings. The van der Waals surface area contributed by atoms with Gasteiger partial charge in [-0.1, -0.05) is 19.1 Å². The van der Waals surface area contributed by atoms with Crippen molar-refractivity contribution in [1.82, 2.24) is 4.90 Å². The maximum absolute atomic E-state index is 11.9. The van der Waals surface area contributed by atoms with E-state index in [1.165, 1.54) is 11.8 Å². The van der Waals surface area contributed by atoms with Gasteiger partial charge in [-0.2, -0.15) is 0 Å². The number of ketones is 1. The molecular formula is C15H27NO3. The van der Waals surface area contributed by atoms with Gasteiger partial charge in [-0.25, -0.2) is 0 Å². The number of rotatable bonds is 8. The van der Waals surface area contributed by atoms with Gasteiger partial charge in [-0.3, -0.25) is 9.59 Å². The lowest BCUT2D eigenvalue weighted by molar-refractivity contribution is -0.139. The minimum Gasteiger partial charge on any atom is -0.393 e. The first-order valence-electron chi connectivity index (χ1n) is 6.84. The van der Waals surface area contributed by atoms with E-state index in [2.05, 4.69) is 13.0 Å². The van der Waals surface area contributed by atoms with Crippen LogP contribution >= 0.6 is 0 Å². The maximum atomic E-state index is 11.9. The Balaban J connectivity index is 4.63. The van der Waals surface area contributed by atoms with E-state index < -0.39 is 12.1 Å². The van der Waals surface area contributed by atoms with Crippen LogP contribution in [0.25, 0.3) is 0 Å². The van der Waals surface area contributed by atoms with Crippen LogP contribution in [-0.4, -0.2) is 40.9 Å². The molecule has 4 nitrogen and oxygen atoms in total. The molecule has 0 aromatic heterocycles. The van der Waals surface area contributed by atoms with E-state index in [0.717, 1.165) is 6.42 Å². The van der Waals surface area contributed by atoms with E-state index >= 15 is 0 Å². The molecule has 3 atom stereocenters. The van der Waals surface area contributed by atoms with Crippen LogP contribution < -0.4 is 0 Å². The molecule has 4 heteroatoms. The topological polar surface area (TPSA) is 57.6 Å². The number of amides is 1. The Bertz CT molecular complexity index is 323. The monoisotopic (exact) mass is 269 g/mol. The molecule has 110 valence electrons. The van der Waals surface area contributed by atoms with Crippen LogP contribution in [0, 0.1) is 5.92 Å². The quantitative estimate of drug-likeness (QED) is 0.687. The summed E-state index contributed by atoms with van der Waals surface area (Å²) in [5.41, 5.74) is 0. The number of carbonyl (C=O) groups is 2. The maximum Gasteiger partial charge on any atom is 0.225 e. The largest absolute Gasteiger partial charge is 0.393 e. The highest BCUT2D eigenvalue weighted by molar-refractivity contribution is 5.87. The molecule has 0 bridgehead atoms. The summed E-state index contributed by atoms with van der Waals surface area (Å²) in [4.78, 5) is 25.1. The smallest absolute Gasteiger partial charge is 0.225 e. The molecule has 0 aromatic rings. The van der Waals surface area contributed by atoms with E-state index in [-0.39, 0.29) is 18.1 Å². The lowest BCUT2D eigenvalue weighted by Gasteiger charge is -2.28. The lowest BCUT2D eigenvalue weighted by Crippen LogP contribution is -2.43. The van der Waals surface area contributed by atoms with Crippen molar-refractivity contribution in [3.05, 3.63) is 12.2 Å². The number of likely N-dealkylation sites (N-methyl/N-ethyl adjacent to an activating group) is 1. The van der Waals surface area contributed by atoms with Crippen molar-refractivity contribution in [1.29, 1.82) is 0 Å². The van der Waals surface area contributed by atoms with Gasteiger partial charge in [0.2, 0.25) is 5.91 Å². The van der Waals surface area contributed by atoms with Crippen molar-refractivity contribution >= 4 is 11.7 Å². The third kappa shape index (κ3) is 7.11. The van der Waals surface area contributed by atoms with Crippen LogP contribution in [0.5, 0.6) is 0 Å². The number of hydrogen-bond acceptors (Lipinski definition) is 3. The van der Waals surface area contributed by atoms with Gasteiger partial charge in [-0.05, 0) is 39.5 Å². The predicted octanol–water partition coefficient (Wildman–Crippen LogP) is 2.17. The fourth-order valence-corrected chi connectivity index (χ4v) is 2.01. The molecule has 1 amide bonds. The third-order valence-corrected chi connectivity index (χ3v) is 3.20. The number of carbonyl (C=O) groups excluding carboxylic acids is 2. The zero-order valence-electron chi connectivity index (χ0n) is 12.7. The number of aliphatic hydroxyl groups is 1. The Morgan fingerprint density at radius 3 is 2.32 bits per heavy atom. The number of Topliss-reactive ketones (excluding diaryl/α,β-unsaturated/α-hetero) is 1. The second kappa shape index (κ2) is 8.86. The minimum absolute atomic E-state index is 0.00577. The predicted molar refractivity (Wildman–Crippen MR) is 76.7 cm³/mol. The van der Waals surface area contributed by atoms with Gasteiger partial charge in [0, 0.05) is 7.05 Å². The molecule has 0 aliphatic heterocycles. The summed E-state index contributed by atoms with van der Waals surface area (Å²) in [5, 5.41) is 9.25. The average molecular weight is 269 g/mol. The molecule has 1 N–H and O–H groups in total. The molecule has 0 saturated carbocycles. The van der Waals surface area contributed by atoms with Gasteiger partial charge in [0.15, 0.2) is 5.78 Å². The first-order valence-corrected chi connectivity index (χ1v) is 6.84. The molecule has 3 unspecified atom stereocenters. The number of hydrogen-bond donors (Lipinski definition) is 1. The zero-order chi connectivity index (χ0) is 15.0. The van der Waals surface area contributed by atoms with Gasteiger partial charge in [0.1, 0.15) is 0 Å². The van der Waals surface area contributed by atoms with Crippen LogP contribution in [0.15, 0.2) is 12.2 Å². The van der Waals surface area contributed by atoms with Crippen molar-refractivity contribution in [2.45, 2.75) is 59.1 Å². The summed E-state index contributed by atoms with van der Waals surface area (Å²) in [6.07, 6.45) is 4.99. The highest BCUT2D eigenvalue weighted by atomic mass is 16.3. The Morgan fingerprint density at radius 1 is 1.32 bits per heavy atom. The number of nitrogens with zero attached hydrogens (tertiary/aromatic N) is 1. The van der Waals surface area contributed by atoms with Gasteiger partial charge < -0.3 is 10.0 Å². The SMILES string of the molecule is CC=CCC(C)CC(C(C)=O)N(C)C(=O)CC(C)O. The molecular weight excluding hydrogens is 242 g/mol. The van der Waals surface area contributed by atoms with Crippen LogP contribution in [0.3, 0.4) is 0 Å². The van der Waals surface area contributed by atoms with Gasteiger partial charge >= 0.3 is 0 Å². The van der Waals surface area contributed by atoms with Crippen molar-refractivity contribution in [3.63, 3.8) is 0 Å². The van der Waals surface area contributed by atoms with Gasteiger partial charge in [0.05, 0.1) is 18.6 Å². The second-order valence-electron chi connectivity index (χ2n) is 5.33. The molecule has 19 heavy (non-hydrogen) atoms. The highest BCUT2D eigenvalue weighted by Crippen LogP contribution is 2.16. The molecule has 0 aliphatic rings. The molecule has 0 saturated heterocycles. The Labute approximate surface area is 116 Å². The first kappa shape index (κ1) is 17.8. The second-order valence-corrected chi connectivity index (χ2v) is 5.33. The first-order chi connectivity index (χ1) is 8.79. The molecule has 0 heterocycles. The van der Waals surface area contributed by atoms with Crippen molar-refractivity contribution in [3.8, 4) is 0 Å². The normalized spacial score (nSPS) is 16.1. The summed E-state index contributed by atoms with van der Waals surface area (Å²) in [7, 11) is 1.64. The Hall–Kier alpha value is -1.16. The number of allylic oxidation sites excluding steroid dienone is 2. The summed E-state index contributed by atoms with van der Waals surface area (Å²) in [6.45, 7) is 7.12. The van der Waals surface area contributed by atoms with E-state index in [1.54, 1.807) is 14.0 Å². The molecule has 0 aliphatic carbocycles. The third-order valence-electron chi connectivity index (χ3n) is 3.20. The Morgan fingerprint density at radius 2 is 1.89 bits per heavy atom. The minimum atomic E-state index is -0.678. The van der Waals surface area contributed by atoms with E-state index in [0.29, 0.717) is 12.3 Å². The summed E-state index contributed by atoms with van der Waals surface area (Å²) < 4.78 is 0. The van der Waals surface area contributed by atoms with Gasteiger partial charge in [-0.15, -0.1) is 0 Å². The van der Waals surface area contributed by atoms with Crippen LogP contribution in [0.1, 0.15) is 47.0 Å². The van der Waals surface area contributed by atoms with Crippen molar-refractivity contribution in [2.24, 2.45) is 5.92 Å². The lowest BCUT2D eigenvalue weighted by atomic mass is 9.95. The summed E-state index contributed by atoms with van der Waals surface area (Å²) >= 11 is 0. The van der Waals surface area contributed by atoms with Crippen molar-refractivity contribution < 1.29 is 14.7 Å². The summed E-state index contributed by atoms with van der Waals surface area (Å²) in [6, 6.07) is -0.397. The van der Waals surface area contributed by atoms with Gasteiger partial charge in [0.25, 0.3) is 0 Å². The molecule has 0 aromatic carbocycles. The van der Waals surface area contributed by atoms with E-state index in [4.69, 9.17) is 0 Å². The fraction of sp³-hybridized carbons (Fsp3) is 0.733. The highest BCUT2D eigenvalue weighted by Gasteiger charge is 2.25. The van der Waals surface area contributed by atoms with Crippen LogP contribution in [-0.2, 0) is 9.59 Å². The van der Waals surface area contributed by atoms with E-state index in [9.17, 15) is 14.7 Å². The molecule has 0 rings (SSSR count). The van der Waals surface area contributed by atoms with Crippen LogP contribution in [0.2, 0.25) is 0 Å². The molecule has 0 spiro atoms. The Kier molecular flexibility index (Phi) is 8.32. The average Bonchev–Trinajstić information content (AvgIpc) is 2.31. The number of aliphatic hydroxyl groups excluding tert-OH is 1. The fourth-order valence-electron chi connectivity index (χ4n) is 2.01. The van der Waals surface area contributed by atoms with E-state index in [1.807, 2.05) is 13.0 Å². The summed E-state index contributed by atoms with van der Waals surface area (Å²) in [5.74, 6) is 0.147. The molecule has 0 radical (unpaired) electrons. The standard InChI is InChI=1S/C15H27NO3/c1-6-7-8-11(2)9-14(13(4)18)16(5)15(19)10-12(3)17/h6-7,11-12,14,17H,8-10H2,1-5H3. The van der Waals surface area contributed by atoms with Crippen molar-refractivity contribution in [2.75, 3.05) is 7.05 Å². The zero-order valence-corrected chi connectivity index (χ0v) is 12.7. The van der Waals surface area contributed by atoms with Crippen LogP contribution in [0.4, 0.5) is 0 Å².